The fourth-order valence-electron chi connectivity index (χ4n) is 2.61. The Morgan fingerprint density at radius 2 is 2.04 bits per heavy atom. The van der Waals surface area contributed by atoms with Crippen molar-refractivity contribution in [2.75, 3.05) is 12.4 Å². The first-order valence-electron chi connectivity index (χ1n) is 8.11. The van der Waals surface area contributed by atoms with Gasteiger partial charge in [-0.3, -0.25) is 14.9 Å². The molecule has 1 heterocycles. The summed E-state index contributed by atoms with van der Waals surface area (Å²) >= 11 is 1.34. The number of carbonyl (C=O) groups is 2. The van der Waals surface area contributed by atoms with Gasteiger partial charge in [-0.1, -0.05) is 18.2 Å². The SMILES string of the molecule is CC(C1CC1)N(C)C(=O)Cc1csc(NC(=O)c2ccccc2)n1. The number of rotatable bonds is 6. The molecule has 0 aliphatic heterocycles. The minimum atomic E-state index is -0.192. The zero-order valence-electron chi connectivity index (χ0n) is 13.9. The summed E-state index contributed by atoms with van der Waals surface area (Å²) in [5.74, 6) is 0.526. The predicted octanol–water partition coefficient (Wildman–Crippen LogP) is 3.19. The molecule has 2 aromatic rings. The van der Waals surface area contributed by atoms with Gasteiger partial charge in [-0.05, 0) is 37.8 Å². The molecule has 2 amide bonds. The Morgan fingerprint density at radius 3 is 2.71 bits per heavy atom. The molecule has 0 saturated heterocycles. The van der Waals surface area contributed by atoms with Crippen molar-refractivity contribution >= 4 is 28.3 Å². The van der Waals surface area contributed by atoms with Gasteiger partial charge in [0.05, 0.1) is 12.1 Å². The number of hydrogen-bond donors (Lipinski definition) is 1. The number of benzene rings is 1. The summed E-state index contributed by atoms with van der Waals surface area (Å²) < 4.78 is 0. The molecule has 1 atom stereocenters. The summed E-state index contributed by atoms with van der Waals surface area (Å²) in [6, 6.07) is 9.29. The Balaban J connectivity index is 1.57. The number of thiazole rings is 1. The number of aromatic nitrogens is 1. The maximum Gasteiger partial charge on any atom is 0.257 e. The van der Waals surface area contributed by atoms with E-state index in [0.29, 0.717) is 22.3 Å². The molecule has 3 rings (SSSR count). The monoisotopic (exact) mass is 343 g/mol. The van der Waals surface area contributed by atoms with Crippen molar-refractivity contribution < 1.29 is 9.59 Å². The van der Waals surface area contributed by atoms with Crippen molar-refractivity contribution in [2.45, 2.75) is 32.2 Å². The Bertz CT molecular complexity index is 725. The third kappa shape index (κ3) is 4.00. The van der Waals surface area contributed by atoms with Gasteiger partial charge in [0.2, 0.25) is 5.91 Å². The second-order valence-electron chi connectivity index (χ2n) is 6.22. The highest BCUT2D eigenvalue weighted by Gasteiger charge is 2.32. The number of likely N-dealkylation sites (N-methyl/N-ethyl adjacent to an activating group) is 1. The fourth-order valence-corrected chi connectivity index (χ4v) is 3.31. The molecule has 5 nitrogen and oxygen atoms in total. The highest BCUT2D eigenvalue weighted by Crippen LogP contribution is 2.34. The van der Waals surface area contributed by atoms with E-state index in [9.17, 15) is 9.59 Å². The van der Waals surface area contributed by atoms with Crippen molar-refractivity contribution in [2.24, 2.45) is 5.92 Å². The summed E-state index contributed by atoms with van der Waals surface area (Å²) in [4.78, 5) is 30.6. The van der Waals surface area contributed by atoms with Gasteiger partial charge < -0.3 is 4.90 Å². The van der Waals surface area contributed by atoms with Gasteiger partial charge in [0.15, 0.2) is 5.13 Å². The molecule has 1 unspecified atom stereocenters. The van der Waals surface area contributed by atoms with Crippen LogP contribution in [-0.4, -0.2) is 34.8 Å². The van der Waals surface area contributed by atoms with E-state index in [-0.39, 0.29) is 24.3 Å². The number of nitrogens with zero attached hydrogens (tertiary/aromatic N) is 2. The van der Waals surface area contributed by atoms with Gasteiger partial charge in [-0.15, -0.1) is 11.3 Å². The Kier molecular flexibility index (Phi) is 4.94. The van der Waals surface area contributed by atoms with E-state index >= 15 is 0 Å². The van der Waals surface area contributed by atoms with E-state index in [0.717, 1.165) is 0 Å². The van der Waals surface area contributed by atoms with Crippen LogP contribution < -0.4 is 5.32 Å². The molecule has 1 saturated carbocycles. The Morgan fingerprint density at radius 1 is 1.33 bits per heavy atom. The molecule has 1 aliphatic rings. The van der Waals surface area contributed by atoms with Crippen LogP contribution in [0.15, 0.2) is 35.7 Å². The summed E-state index contributed by atoms with van der Waals surface area (Å²) in [6.45, 7) is 2.10. The maximum absolute atomic E-state index is 12.3. The molecule has 1 aromatic heterocycles. The number of anilines is 1. The Hall–Kier alpha value is -2.21. The van der Waals surface area contributed by atoms with E-state index < -0.39 is 0 Å². The third-order valence-corrected chi connectivity index (χ3v) is 5.26. The molecule has 0 spiro atoms. The average Bonchev–Trinajstić information content (AvgIpc) is 3.36. The molecule has 1 aliphatic carbocycles. The lowest BCUT2D eigenvalue weighted by Crippen LogP contribution is -2.37. The summed E-state index contributed by atoms with van der Waals surface area (Å²) in [6.07, 6.45) is 2.70. The lowest BCUT2D eigenvalue weighted by molar-refractivity contribution is -0.131. The van der Waals surface area contributed by atoms with Crippen LogP contribution >= 0.6 is 11.3 Å². The number of nitrogens with one attached hydrogen (secondary N) is 1. The van der Waals surface area contributed by atoms with Crippen LogP contribution in [-0.2, 0) is 11.2 Å². The predicted molar refractivity (Wildman–Crippen MR) is 95.2 cm³/mol. The smallest absolute Gasteiger partial charge is 0.257 e. The average molecular weight is 343 g/mol. The lowest BCUT2D eigenvalue weighted by Gasteiger charge is -2.24. The van der Waals surface area contributed by atoms with Crippen molar-refractivity contribution in [3.63, 3.8) is 0 Å². The van der Waals surface area contributed by atoms with Gasteiger partial charge in [0, 0.05) is 24.0 Å². The van der Waals surface area contributed by atoms with Gasteiger partial charge in [-0.25, -0.2) is 4.98 Å². The first-order valence-corrected chi connectivity index (χ1v) is 8.99. The van der Waals surface area contributed by atoms with E-state index in [4.69, 9.17) is 0 Å². The molecule has 0 radical (unpaired) electrons. The highest BCUT2D eigenvalue weighted by atomic mass is 32.1. The second-order valence-corrected chi connectivity index (χ2v) is 7.08. The van der Waals surface area contributed by atoms with Crippen LogP contribution in [0.1, 0.15) is 35.8 Å². The standard InChI is InChI=1S/C18H21N3O2S/c1-12(13-8-9-13)21(2)16(22)10-15-11-24-18(19-15)20-17(23)14-6-4-3-5-7-14/h3-7,11-13H,8-10H2,1-2H3,(H,19,20,23). The van der Waals surface area contributed by atoms with Gasteiger partial charge >= 0.3 is 0 Å². The number of amides is 2. The molecule has 0 bridgehead atoms. The molecule has 126 valence electrons. The van der Waals surface area contributed by atoms with Crippen LogP contribution in [0.5, 0.6) is 0 Å². The molecule has 6 heteroatoms. The van der Waals surface area contributed by atoms with Crippen molar-refractivity contribution in [1.82, 2.24) is 9.88 Å². The Labute approximate surface area is 145 Å². The van der Waals surface area contributed by atoms with Gasteiger partial charge in [0.1, 0.15) is 0 Å². The van der Waals surface area contributed by atoms with Crippen LogP contribution in [0.25, 0.3) is 0 Å². The normalized spacial score (nSPS) is 14.9. The van der Waals surface area contributed by atoms with Crippen molar-refractivity contribution in [3.8, 4) is 0 Å². The molecule has 1 aromatic carbocycles. The summed E-state index contributed by atoms with van der Waals surface area (Å²) in [5, 5.41) is 5.12. The zero-order valence-corrected chi connectivity index (χ0v) is 14.7. The van der Waals surface area contributed by atoms with Crippen LogP contribution in [0.3, 0.4) is 0 Å². The van der Waals surface area contributed by atoms with Crippen molar-refractivity contribution in [1.29, 1.82) is 0 Å². The summed E-state index contributed by atoms with van der Waals surface area (Å²) in [7, 11) is 1.86. The van der Waals surface area contributed by atoms with Gasteiger partial charge in [0.25, 0.3) is 5.91 Å². The van der Waals surface area contributed by atoms with Gasteiger partial charge in [-0.2, -0.15) is 0 Å². The first-order chi connectivity index (χ1) is 11.5. The zero-order chi connectivity index (χ0) is 17.1. The van der Waals surface area contributed by atoms with E-state index in [1.54, 1.807) is 12.1 Å². The minimum Gasteiger partial charge on any atom is -0.342 e. The lowest BCUT2D eigenvalue weighted by atomic mass is 10.2. The molecule has 1 N–H and O–H groups in total. The second kappa shape index (κ2) is 7.13. The van der Waals surface area contributed by atoms with Crippen LogP contribution in [0, 0.1) is 5.92 Å². The van der Waals surface area contributed by atoms with Crippen molar-refractivity contribution in [3.05, 3.63) is 47.0 Å². The van der Waals surface area contributed by atoms with Crippen LogP contribution in [0.2, 0.25) is 0 Å². The van der Waals surface area contributed by atoms with E-state index in [1.807, 2.05) is 35.5 Å². The number of carbonyl (C=O) groups excluding carboxylic acids is 2. The number of hydrogen-bond acceptors (Lipinski definition) is 4. The minimum absolute atomic E-state index is 0.0700. The highest BCUT2D eigenvalue weighted by molar-refractivity contribution is 7.14. The molecular formula is C18H21N3O2S. The summed E-state index contributed by atoms with van der Waals surface area (Å²) in [5.41, 5.74) is 1.28. The largest absolute Gasteiger partial charge is 0.342 e. The van der Waals surface area contributed by atoms with E-state index in [2.05, 4.69) is 17.2 Å². The first kappa shape index (κ1) is 16.6. The van der Waals surface area contributed by atoms with Crippen LogP contribution in [0.4, 0.5) is 5.13 Å². The topological polar surface area (TPSA) is 62.3 Å². The quantitative estimate of drug-likeness (QED) is 0.876. The molecule has 1 fully saturated rings. The molecular weight excluding hydrogens is 322 g/mol. The molecule has 24 heavy (non-hydrogen) atoms. The third-order valence-electron chi connectivity index (χ3n) is 4.45. The van der Waals surface area contributed by atoms with E-state index in [1.165, 1.54) is 24.2 Å². The fraction of sp³-hybridized carbons (Fsp3) is 0.389. The maximum atomic E-state index is 12.3.